The number of likely N-dealkylation sites (N-methyl/N-ethyl adjacent to an activating group) is 1. The van der Waals surface area contributed by atoms with Crippen molar-refractivity contribution in [3.63, 3.8) is 0 Å². The molecule has 1 aliphatic heterocycles. The van der Waals surface area contributed by atoms with Crippen LogP contribution in [0.1, 0.15) is 18.2 Å². The second-order valence-electron chi connectivity index (χ2n) is 7.77. The number of ether oxygens (including phenoxy) is 2. The predicted octanol–water partition coefficient (Wildman–Crippen LogP) is 1.000. The molecule has 1 aromatic carbocycles. The first-order chi connectivity index (χ1) is 14.3. The third-order valence-corrected chi connectivity index (χ3v) is 5.19. The number of aliphatic hydroxyl groups is 1. The Labute approximate surface area is 177 Å². The molecular weight excluding hydrogens is 384 g/mol. The molecular formula is C21H30N6O3. The molecule has 0 aliphatic carbocycles. The number of rotatable bonds is 8. The summed E-state index contributed by atoms with van der Waals surface area (Å²) in [5, 5.41) is 19.0. The van der Waals surface area contributed by atoms with Crippen molar-refractivity contribution in [3.05, 3.63) is 41.9 Å². The summed E-state index contributed by atoms with van der Waals surface area (Å²) < 4.78 is 10.9. The van der Waals surface area contributed by atoms with Crippen LogP contribution in [0, 0.1) is 5.41 Å². The molecule has 30 heavy (non-hydrogen) atoms. The van der Waals surface area contributed by atoms with Gasteiger partial charge in [0.2, 0.25) is 0 Å². The van der Waals surface area contributed by atoms with Crippen molar-refractivity contribution in [2.24, 2.45) is 0 Å². The minimum atomic E-state index is -0.462. The molecule has 9 nitrogen and oxygen atoms in total. The van der Waals surface area contributed by atoms with Crippen LogP contribution in [0.2, 0.25) is 0 Å². The summed E-state index contributed by atoms with van der Waals surface area (Å²) >= 11 is 0. The van der Waals surface area contributed by atoms with Gasteiger partial charge in [-0.1, -0.05) is 0 Å². The van der Waals surface area contributed by atoms with Gasteiger partial charge in [0.05, 0.1) is 30.2 Å². The number of nitrogens with two attached hydrogens (primary N) is 1. The maximum absolute atomic E-state index is 10.3. The van der Waals surface area contributed by atoms with Gasteiger partial charge in [-0.3, -0.25) is 5.41 Å². The summed E-state index contributed by atoms with van der Waals surface area (Å²) in [5.74, 6) is 1.28. The van der Waals surface area contributed by atoms with Gasteiger partial charge in [0.25, 0.3) is 0 Å². The third-order valence-electron chi connectivity index (χ3n) is 5.19. The second kappa shape index (κ2) is 9.38. The van der Waals surface area contributed by atoms with Crippen LogP contribution < -0.4 is 15.4 Å². The third kappa shape index (κ3) is 4.86. The van der Waals surface area contributed by atoms with Gasteiger partial charge in [0.1, 0.15) is 24.0 Å². The lowest BCUT2D eigenvalue weighted by Crippen LogP contribution is -2.38. The van der Waals surface area contributed by atoms with E-state index in [4.69, 9.17) is 20.6 Å². The molecule has 1 fully saturated rings. The first kappa shape index (κ1) is 21.9. The SMILES string of the molecule is COC[C@H](C)Oc1ccc(N)c(C(=N)c2cc(N3C[C@H](O)[C@@H](N(C)C)C3)ncn2)c1. The van der Waals surface area contributed by atoms with Gasteiger partial charge in [-0.2, -0.15) is 0 Å². The zero-order chi connectivity index (χ0) is 21.8. The van der Waals surface area contributed by atoms with Crippen molar-refractivity contribution in [2.45, 2.75) is 25.2 Å². The van der Waals surface area contributed by atoms with Crippen LogP contribution in [0.3, 0.4) is 0 Å². The molecule has 0 amide bonds. The minimum absolute atomic E-state index is 0.0291. The largest absolute Gasteiger partial charge is 0.488 e. The van der Waals surface area contributed by atoms with E-state index in [-0.39, 0.29) is 17.9 Å². The summed E-state index contributed by atoms with van der Waals surface area (Å²) in [6, 6.07) is 7.03. The van der Waals surface area contributed by atoms with Gasteiger partial charge in [-0.25, -0.2) is 9.97 Å². The lowest BCUT2D eigenvalue weighted by molar-refractivity contribution is 0.0921. The number of hydrogen-bond acceptors (Lipinski definition) is 9. The molecule has 0 spiro atoms. The molecule has 1 saturated heterocycles. The van der Waals surface area contributed by atoms with Crippen LogP contribution >= 0.6 is 0 Å². The van der Waals surface area contributed by atoms with Crippen molar-refractivity contribution in [1.82, 2.24) is 14.9 Å². The van der Waals surface area contributed by atoms with E-state index in [1.54, 1.807) is 31.4 Å². The molecule has 0 unspecified atom stereocenters. The van der Waals surface area contributed by atoms with E-state index in [1.165, 1.54) is 6.33 Å². The van der Waals surface area contributed by atoms with Gasteiger partial charge in [0.15, 0.2) is 0 Å². The fourth-order valence-electron chi connectivity index (χ4n) is 3.58. The zero-order valence-corrected chi connectivity index (χ0v) is 17.9. The van der Waals surface area contributed by atoms with E-state index in [1.807, 2.05) is 30.8 Å². The van der Waals surface area contributed by atoms with Crippen molar-refractivity contribution >= 4 is 17.2 Å². The molecule has 9 heteroatoms. The molecule has 3 atom stereocenters. The molecule has 0 bridgehead atoms. The highest BCUT2D eigenvalue weighted by molar-refractivity contribution is 6.13. The Balaban J connectivity index is 1.82. The number of benzene rings is 1. The molecule has 0 saturated carbocycles. The lowest BCUT2D eigenvalue weighted by atomic mass is 10.0. The monoisotopic (exact) mass is 414 g/mol. The van der Waals surface area contributed by atoms with E-state index in [2.05, 4.69) is 9.97 Å². The zero-order valence-electron chi connectivity index (χ0n) is 17.9. The lowest BCUT2D eigenvalue weighted by Gasteiger charge is -2.22. The van der Waals surface area contributed by atoms with Crippen molar-refractivity contribution in [1.29, 1.82) is 5.41 Å². The number of aromatic nitrogens is 2. The van der Waals surface area contributed by atoms with Gasteiger partial charge in [-0.15, -0.1) is 0 Å². The number of β-amino-alcohol motifs (C(OH)–C–C–N with tert-alkyl or cyclic N) is 1. The molecule has 1 aromatic heterocycles. The van der Waals surface area contributed by atoms with Crippen molar-refractivity contribution < 1.29 is 14.6 Å². The molecule has 4 N–H and O–H groups in total. The Morgan fingerprint density at radius 2 is 2.10 bits per heavy atom. The highest BCUT2D eigenvalue weighted by Crippen LogP contribution is 2.25. The summed E-state index contributed by atoms with van der Waals surface area (Å²) in [6.45, 7) is 3.51. The van der Waals surface area contributed by atoms with Crippen molar-refractivity contribution in [2.75, 3.05) is 51.5 Å². The minimum Gasteiger partial charge on any atom is -0.488 e. The molecule has 3 rings (SSSR count). The molecule has 0 radical (unpaired) electrons. The average Bonchev–Trinajstić information content (AvgIpc) is 3.11. The number of nitrogens with one attached hydrogen (secondary N) is 1. The standard InChI is InChI=1S/C21H30N6O3/c1-13(11-29-4)30-14-5-6-16(22)15(7-14)21(23)17-8-20(25-12-24-17)27-9-18(26(2)3)19(28)10-27/h5-8,12-13,18-19,23,28H,9-11,22H2,1-4H3/t13-,18-,19-/m0/s1. The number of anilines is 2. The highest BCUT2D eigenvalue weighted by atomic mass is 16.5. The van der Waals surface area contributed by atoms with Gasteiger partial charge in [0, 0.05) is 37.5 Å². The van der Waals surface area contributed by atoms with E-state index in [0.29, 0.717) is 48.2 Å². The average molecular weight is 415 g/mol. The van der Waals surface area contributed by atoms with Crippen LogP contribution in [-0.4, -0.2) is 84.8 Å². The summed E-state index contributed by atoms with van der Waals surface area (Å²) in [7, 11) is 5.52. The number of methoxy groups -OCH3 is 1. The van der Waals surface area contributed by atoms with Crippen LogP contribution in [0.15, 0.2) is 30.6 Å². The predicted molar refractivity (Wildman–Crippen MR) is 116 cm³/mol. The fourth-order valence-corrected chi connectivity index (χ4v) is 3.58. The highest BCUT2D eigenvalue weighted by Gasteiger charge is 2.33. The van der Waals surface area contributed by atoms with Crippen molar-refractivity contribution in [3.8, 4) is 5.75 Å². The summed E-state index contributed by atoms with van der Waals surface area (Å²) in [6.07, 6.45) is 0.847. The van der Waals surface area contributed by atoms with Gasteiger partial charge < -0.3 is 30.1 Å². The molecule has 2 heterocycles. The van der Waals surface area contributed by atoms with E-state index < -0.39 is 6.10 Å². The Hall–Kier alpha value is -2.75. The number of nitrogen functional groups attached to an aromatic ring is 1. The molecule has 1 aliphatic rings. The maximum Gasteiger partial charge on any atom is 0.132 e. The molecule has 162 valence electrons. The van der Waals surface area contributed by atoms with Crippen LogP contribution in [0.25, 0.3) is 0 Å². The first-order valence-corrected chi connectivity index (χ1v) is 9.86. The Morgan fingerprint density at radius 1 is 1.33 bits per heavy atom. The normalized spacial score (nSPS) is 19.9. The topological polar surface area (TPSA) is 121 Å². The van der Waals surface area contributed by atoms with E-state index >= 15 is 0 Å². The fraction of sp³-hybridized carbons (Fsp3) is 0.476. The Bertz CT molecular complexity index is 891. The summed E-state index contributed by atoms with van der Waals surface area (Å²) in [4.78, 5) is 12.6. The number of nitrogens with zero attached hydrogens (tertiary/aromatic N) is 4. The first-order valence-electron chi connectivity index (χ1n) is 9.86. The van der Waals surface area contributed by atoms with Crippen LogP contribution in [0.4, 0.5) is 11.5 Å². The van der Waals surface area contributed by atoms with E-state index in [0.717, 1.165) is 0 Å². The maximum atomic E-state index is 10.3. The smallest absolute Gasteiger partial charge is 0.132 e. The second-order valence-corrected chi connectivity index (χ2v) is 7.77. The van der Waals surface area contributed by atoms with E-state index in [9.17, 15) is 5.11 Å². The van der Waals surface area contributed by atoms with Gasteiger partial charge >= 0.3 is 0 Å². The summed E-state index contributed by atoms with van der Waals surface area (Å²) in [5.41, 5.74) is 7.78. The number of hydrogen-bond donors (Lipinski definition) is 3. The number of aliphatic hydroxyl groups excluding tert-OH is 1. The van der Waals surface area contributed by atoms with Gasteiger partial charge in [-0.05, 0) is 39.2 Å². The Kier molecular flexibility index (Phi) is 6.86. The van der Waals surface area contributed by atoms with Crippen LogP contribution in [0.5, 0.6) is 5.75 Å². The molecule has 2 aromatic rings. The van der Waals surface area contributed by atoms with Crippen LogP contribution in [-0.2, 0) is 4.74 Å². The quantitative estimate of drug-likeness (QED) is 0.432. The Morgan fingerprint density at radius 3 is 2.77 bits per heavy atom.